The van der Waals surface area contributed by atoms with E-state index in [1.807, 2.05) is 12.1 Å². The maximum Gasteiger partial charge on any atom is 0.372 e. The fourth-order valence-electron chi connectivity index (χ4n) is 2.73. The summed E-state index contributed by atoms with van der Waals surface area (Å²) in [4.78, 5) is 56.5. The molecular weight excluding hydrogens is 378 g/mol. The van der Waals surface area contributed by atoms with Crippen molar-refractivity contribution < 1.29 is 33.9 Å². The number of nitrogens with one attached hydrogen (secondary N) is 1. The molecule has 10 nitrogen and oxygen atoms in total. The fraction of sp³-hybridized carbons (Fsp3) is 0.438. The minimum absolute atomic E-state index is 0.116. The number of ether oxygens (including phenoxy) is 1. The largest absolute Gasteiger partial charge is 0.477 e. The van der Waals surface area contributed by atoms with Crippen molar-refractivity contribution in [3.8, 4) is 0 Å². The Hall–Kier alpha value is -2.66. The van der Waals surface area contributed by atoms with Gasteiger partial charge in [0.1, 0.15) is 12.6 Å². The lowest BCUT2D eigenvalue weighted by molar-refractivity contribution is -0.256. The van der Waals surface area contributed by atoms with Crippen molar-refractivity contribution in [2.75, 3.05) is 12.4 Å². The van der Waals surface area contributed by atoms with E-state index in [0.29, 0.717) is 10.8 Å². The van der Waals surface area contributed by atoms with Crippen molar-refractivity contribution in [2.45, 2.75) is 30.4 Å². The topological polar surface area (TPSA) is 135 Å². The molecule has 0 aliphatic carbocycles. The quantitative estimate of drug-likeness (QED) is 0.596. The number of carboxylic acids is 1. The molecule has 3 heterocycles. The molecule has 1 aromatic rings. The van der Waals surface area contributed by atoms with Crippen LogP contribution in [0, 0.1) is 0 Å². The van der Waals surface area contributed by atoms with Crippen LogP contribution in [0.2, 0.25) is 0 Å². The zero-order chi connectivity index (χ0) is 19.4. The second-order valence-corrected chi connectivity index (χ2v) is 6.95. The van der Waals surface area contributed by atoms with Crippen LogP contribution in [0.5, 0.6) is 0 Å². The van der Waals surface area contributed by atoms with Crippen LogP contribution >= 0.6 is 11.8 Å². The van der Waals surface area contributed by atoms with E-state index in [4.69, 9.17) is 9.57 Å². The third kappa shape index (κ3) is 4.03. The van der Waals surface area contributed by atoms with Crippen LogP contribution in [0.4, 0.5) is 0 Å². The molecule has 144 valence electrons. The highest BCUT2D eigenvalue weighted by Crippen LogP contribution is 2.34. The molecule has 0 spiro atoms. The van der Waals surface area contributed by atoms with Crippen LogP contribution in [0.15, 0.2) is 24.5 Å². The fourth-order valence-corrected chi connectivity index (χ4v) is 3.53. The number of rotatable bonds is 7. The molecule has 11 heteroatoms. The summed E-state index contributed by atoms with van der Waals surface area (Å²) in [5.74, 6) is -2.65. The van der Waals surface area contributed by atoms with E-state index in [1.54, 1.807) is 12.4 Å². The van der Waals surface area contributed by atoms with Crippen molar-refractivity contribution in [1.82, 2.24) is 15.4 Å². The number of carboxylic acid groups (broad SMARTS) is 1. The Morgan fingerprint density at radius 3 is 2.74 bits per heavy atom. The van der Waals surface area contributed by atoms with Crippen LogP contribution < -0.4 is 5.32 Å². The molecule has 2 fully saturated rings. The van der Waals surface area contributed by atoms with Gasteiger partial charge >= 0.3 is 17.7 Å². The van der Waals surface area contributed by atoms with Gasteiger partial charge in [-0.15, -0.1) is 11.8 Å². The van der Waals surface area contributed by atoms with E-state index in [0.717, 1.165) is 5.56 Å². The molecule has 3 rings (SSSR count). The van der Waals surface area contributed by atoms with Crippen LogP contribution in [-0.2, 0) is 34.5 Å². The third-order valence-electron chi connectivity index (χ3n) is 4.07. The van der Waals surface area contributed by atoms with Crippen molar-refractivity contribution in [3.05, 3.63) is 30.1 Å². The smallest absolute Gasteiger partial charge is 0.372 e. The number of nitrogens with zero attached hydrogens (tertiary/aromatic N) is 2. The molecule has 2 aliphatic heterocycles. The SMILES string of the molecule is O=C(CSCc1ccncc1)N[C@H]1CON(C2(C(=O)O)CCC(=O)O2)C1=O. The zero-order valence-corrected chi connectivity index (χ0v) is 14.9. The molecule has 2 amide bonds. The Bertz CT molecular complexity index is 760. The molecule has 1 aromatic heterocycles. The van der Waals surface area contributed by atoms with Crippen molar-refractivity contribution in [1.29, 1.82) is 0 Å². The van der Waals surface area contributed by atoms with Gasteiger partial charge in [0.15, 0.2) is 0 Å². The first kappa shape index (κ1) is 19.1. The van der Waals surface area contributed by atoms with E-state index >= 15 is 0 Å². The summed E-state index contributed by atoms with van der Waals surface area (Å²) in [7, 11) is 0. The van der Waals surface area contributed by atoms with E-state index in [-0.39, 0.29) is 31.1 Å². The average molecular weight is 395 g/mol. The summed E-state index contributed by atoms with van der Waals surface area (Å²) in [5.41, 5.74) is -1.16. The van der Waals surface area contributed by atoms with Crippen molar-refractivity contribution in [2.24, 2.45) is 0 Å². The third-order valence-corrected chi connectivity index (χ3v) is 5.07. The van der Waals surface area contributed by atoms with Gasteiger partial charge in [-0.25, -0.2) is 4.79 Å². The first-order valence-electron chi connectivity index (χ1n) is 8.10. The number of esters is 1. The van der Waals surface area contributed by atoms with Gasteiger partial charge in [0, 0.05) is 24.6 Å². The van der Waals surface area contributed by atoms with E-state index < -0.39 is 29.6 Å². The van der Waals surface area contributed by atoms with Crippen LogP contribution in [0.25, 0.3) is 0 Å². The Labute approximate surface area is 158 Å². The van der Waals surface area contributed by atoms with Crippen molar-refractivity contribution in [3.63, 3.8) is 0 Å². The predicted molar refractivity (Wildman–Crippen MR) is 90.8 cm³/mol. The van der Waals surface area contributed by atoms with Gasteiger partial charge in [0.05, 0.1) is 12.2 Å². The normalized spacial score (nSPS) is 24.7. The number of cyclic esters (lactones) is 1. The van der Waals surface area contributed by atoms with Crippen LogP contribution in [0.1, 0.15) is 18.4 Å². The Balaban J connectivity index is 1.53. The minimum Gasteiger partial charge on any atom is -0.477 e. The van der Waals surface area contributed by atoms with E-state index in [2.05, 4.69) is 10.3 Å². The number of thioether (sulfide) groups is 1. The highest BCUT2D eigenvalue weighted by molar-refractivity contribution is 7.99. The second kappa shape index (κ2) is 7.92. The summed E-state index contributed by atoms with van der Waals surface area (Å²) < 4.78 is 4.85. The summed E-state index contributed by atoms with van der Waals surface area (Å²) in [5, 5.41) is 12.5. The first-order chi connectivity index (χ1) is 12.9. The molecule has 2 N–H and O–H groups in total. The number of hydroxylamine groups is 2. The molecule has 2 atom stereocenters. The van der Waals surface area contributed by atoms with E-state index in [1.165, 1.54) is 11.8 Å². The molecule has 0 aromatic carbocycles. The lowest BCUT2D eigenvalue weighted by Gasteiger charge is -2.30. The average Bonchev–Trinajstić information content (AvgIpc) is 3.20. The lowest BCUT2D eigenvalue weighted by Crippen LogP contribution is -2.56. The molecular formula is C16H17N3O7S. The van der Waals surface area contributed by atoms with Gasteiger partial charge in [0.25, 0.3) is 5.91 Å². The molecule has 0 saturated carbocycles. The molecule has 27 heavy (non-hydrogen) atoms. The molecule has 0 bridgehead atoms. The first-order valence-corrected chi connectivity index (χ1v) is 9.26. The molecule has 1 unspecified atom stereocenters. The minimum atomic E-state index is -2.18. The van der Waals surface area contributed by atoms with Crippen LogP contribution in [0.3, 0.4) is 0 Å². The number of carbonyl (C=O) groups excluding carboxylic acids is 3. The van der Waals surface area contributed by atoms with Gasteiger partial charge in [-0.3, -0.25) is 24.2 Å². The number of aromatic nitrogens is 1. The lowest BCUT2D eigenvalue weighted by atomic mass is 10.1. The molecule has 2 aliphatic rings. The number of aliphatic carboxylic acids is 1. The zero-order valence-electron chi connectivity index (χ0n) is 14.1. The summed E-state index contributed by atoms with van der Waals surface area (Å²) in [6, 6.07) is 2.64. The monoisotopic (exact) mass is 395 g/mol. The molecule has 0 radical (unpaired) electrons. The second-order valence-electron chi connectivity index (χ2n) is 5.96. The van der Waals surface area contributed by atoms with Crippen molar-refractivity contribution >= 4 is 35.5 Å². The summed E-state index contributed by atoms with van der Waals surface area (Å²) in [6.07, 6.45) is 2.97. The Kier molecular flexibility index (Phi) is 5.61. The Morgan fingerprint density at radius 1 is 1.37 bits per heavy atom. The maximum absolute atomic E-state index is 12.5. The predicted octanol–water partition coefficient (Wildman–Crippen LogP) is -0.309. The standard InChI is InChI=1S/C16H17N3O7S/c20-12(9-27-8-10-2-5-17-6-3-10)18-11-7-25-19(14(11)22)16(15(23)24)4-1-13(21)26-16/h2-3,5-6,11H,1,4,7-9H2,(H,18,20)(H,23,24)/t11-,16?/m0/s1. The van der Waals surface area contributed by atoms with Gasteiger partial charge in [0.2, 0.25) is 5.91 Å². The van der Waals surface area contributed by atoms with E-state index in [9.17, 15) is 24.3 Å². The Morgan fingerprint density at radius 2 is 2.11 bits per heavy atom. The number of carbonyl (C=O) groups is 4. The number of hydrogen-bond acceptors (Lipinski definition) is 8. The summed E-state index contributed by atoms with van der Waals surface area (Å²) >= 11 is 1.36. The van der Waals surface area contributed by atoms with Crippen LogP contribution in [-0.4, -0.2) is 63.0 Å². The van der Waals surface area contributed by atoms with Gasteiger partial charge < -0.3 is 15.2 Å². The number of pyridine rings is 1. The summed E-state index contributed by atoms with van der Waals surface area (Å²) in [6.45, 7) is -0.230. The number of hydrogen-bond donors (Lipinski definition) is 2. The van der Waals surface area contributed by atoms with Gasteiger partial charge in [-0.1, -0.05) is 0 Å². The molecule has 2 saturated heterocycles. The maximum atomic E-state index is 12.5. The number of amides is 2. The van der Waals surface area contributed by atoms with Gasteiger partial charge in [-0.05, 0) is 17.7 Å². The highest BCUT2D eigenvalue weighted by atomic mass is 32.2. The van der Waals surface area contributed by atoms with Gasteiger partial charge in [-0.2, -0.15) is 5.06 Å². The highest BCUT2D eigenvalue weighted by Gasteiger charge is 2.59.